The summed E-state index contributed by atoms with van der Waals surface area (Å²) >= 11 is 0. The number of nitrogens with one attached hydrogen (secondary N) is 2. The number of aromatic nitrogens is 1. The molecule has 0 radical (unpaired) electrons. The summed E-state index contributed by atoms with van der Waals surface area (Å²) in [5.74, 6) is -0.339. The van der Waals surface area contributed by atoms with Gasteiger partial charge in [-0.2, -0.15) is 0 Å². The molecule has 1 aromatic carbocycles. The number of hydrogen-bond donors (Lipinski definition) is 6. The zero-order chi connectivity index (χ0) is 18.7. The van der Waals surface area contributed by atoms with Crippen molar-refractivity contribution in [2.75, 3.05) is 6.61 Å². The number of amides is 1. The van der Waals surface area contributed by atoms with E-state index in [-0.39, 0.29) is 12.3 Å². The van der Waals surface area contributed by atoms with Gasteiger partial charge in [0.15, 0.2) is 6.23 Å². The van der Waals surface area contributed by atoms with Crippen molar-refractivity contribution in [2.24, 2.45) is 0 Å². The second kappa shape index (κ2) is 8.15. The van der Waals surface area contributed by atoms with Gasteiger partial charge in [-0.3, -0.25) is 4.79 Å². The van der Waals surface area contributed by atoms with Crippen molar-refractivity contribution in [2.45, 2.75) is 49.9 Å². The van der Waals surface area contributed by atoms with Crippen molar-refractivity contribution in [1.29, 1.82) is 0 Å². The number of aliphatic hydroxyl groups excluding tert-OH is 4. The minimum atomic E-state index is -1.50. The Morgan fingerprint density at radius 1 is 1.15 bits per heavy atom. The number of hydrogen-bond acceptors (Lipinski definition) is 6. The van der Waals surface area contributed by atoms with E-state index < -0.39 is 37.3 Å². The first kappa shape index (κ1) is 18.8. The number of carbonyl (C=O) groups is 1. The summed E-state index contributed by atoms with van der Waals surface area (Å²) in [4.78, 5) is 15.3. The van der Waals surface area contributed by atoms with E-state index in [1.807, 2.05) is 30.5 Å². The first-order valence-corrected chi connectivity index (χ1v) is 8.66. The van der Waals surface area contributed by atoms with Gasteiger partial charge in [-0.15, -0.1) is 0 Å². The van der Waals surface area contributed by atoms with E-state index >= 15 is 0 Å². The number of aryl methyl sites for hydroxylation is 1. The van der Waals surface area contributed by atoms with Gasteiger partial charge in [0.1, 0.15) is 24.4 Å². The second-order valence-electron chi connectivity index (χ2n) is 6.53. The SMILES string of the molecule is O=C(CCCc1c[nH]c2ccccc12)N[C@@H]1O[C@H](CO)[C@H](O)[C@H](O)[C@H]1O. The van der Waals surface area contributed by atoms with E-state index in [4.69, 9.17) is 9.84 Å². The van der Waals surface area contributed by atoms with Gasteiger partial charge in [0.05, 0.1) is 6.61 Å². The summed E-state index contributed by atoms with van der Waals surface area (Å²) in [6, 6.07) is 7.93. The zero-order valence-corrected chi connectivity index (χ0v) is 14.2. The fourth-order valence-electron chi connectivity index (χ4n) is 3.23. The van der Waals surface area contributed by atoms with Crippen LogP contribution in [-0.2, 0) is 16.0 Å². The molecule has 0 saturated carbocycles. The lowest BCUT2D eigenvalue weighted by Crippen LogP contribution is -2.63. The number of fused-ring (bicyclic) bond motifs is 1. The number of benzene rings is 1. The number of rotatable bonds is 6. The summed E-state index contributed by atoms with van der Waals surface area (Å²) in [5.41, 5.74) is 2.18. The number of carbonyl (C=O) groups excluding carboxylic acids is 1. The Morgan fingerprint density at radius 2 is 1.92 bits per heavy atom. The molecule has 8 nitrogen and oxygen atoms in total. The molecule has 5 atom stereocenters. The summed E-state index contributed by atoms with van der Waals surface area (Å²) in [6.07, 6.45) is -3.16. The van der Waals surface area contributed by atoms with Gasteiger partial charge in [0.25, 0.3) is 0 Å². The molecule has 142 valence electrons. The highest BCUT2D eigenvalue weighted by Gasteiger charge is 2.43. The average molecular weight is 364 g/mol. The Balaban J connectivity index is 1.51. The first-order chi connectivity index (χ1) is 12.5. The molecule has 1 amide bonds. The molecule has 1 aromatic heterocycles. The molecule has 0 bridgehead atoms. The topological polar surface area (TPSA) is 135 Å². The molecule has 2 heterocycles. The van der Waals surface area contributed by atoms with Crippen LogP contribution in [0.5, 0.6) is 0 Å². The van der Waals surface area contributed by atoms with Crippen LogP contribution in [-0.4, -0.2) is 68.6 Å². The Morgan fingerprint density at radius 3 is 2.69 bits per heavy atom. The number of para-hydroxylation sites is 1. The predicted octanol–water partition coefficient (Wildman–Crippen LogP) is -0.593. The normalized spacial score (nSPS) is 29.0. The molecule has 1 aliphatic heterocycles. The van der Waals surface area contributed by atoms with E-state index in [2.05, 4.69) is 10.3 Å². The number of aromatic amines is 1. The molecular formula is C18H24N2O6. The number of H-pyrrole nitrogens is 1. The fraction of sp³-hybridized carbons (Fsp3) is 0.500. The lowest BCUT2D eigenvalue weighted by molar-refractivity contribution is -0.236. The molecule has 3 rings (SSSR count). The summed E-state index contributed by atoms with van der Waals surface area (Å²) in [7, 11) is 0. The van der Waals surface area contributed by atoms with E-state index in [1.54, 1.807) is 0 Å². The Kier molecular flexibility index (Phi) is 5.90. The molecular weight excluding hydrogens is 340 g/mol. The van der Waals surface area contributed by atoms with Gasteiger partial charge in [-0.1, -0.05) is 18.2 Å². The van der Waals surface area contributed by atoms with E-state index in [9.17, 15) is 20.1 Å². The summed E-state index contributed by atoms with van der Waals surface area (Å²) < 4.78 is 5.26. The van der Waals surface area contributed by atoms with Crippen LogP contribution in [0.4, 0.5) is 0 Å². The van der Waals surface area contributed by atoms with Gasteiger partial charge in [0, 0.05) is 23.5 Å². The maximum absolute atomic E-state index is 12.1. The quantitative estimate of drug-likeness (QED) is 0.405. The third-order valence-electron chi connectivity index (χ3n) is 4.72. The molecule has 0 aliphatic carbocycles. The molecule has 1 saturated heterocycles. The van der Waals surface area contributed by atoms with Gasteiger partial charge in [0.2, 0.25) is 5.91 Å². The zero-order valence-electron chi connectivity index (χ0n) is 14.2. The molecule has 1 aliphatic rings. The number of ether oxygens (including phenoxy) is 1. The van der Waals surface area contributed by atoms with Crippen LogP contribution in [0, 0.1) is 0 Å². The second-order valence-corrected chi connectivity index (χ2v) is 6.53. The predicted molar refractivity (Wildman–Crippen MR) is 93.1 cm³/mol. The van der Waals surface area contributed by atoms with Crippen LogP contribution in [0.1, 0.15) is 18.4 Å². The summed E-state index contributed by atoms with van der Waals surface area (Å²) in [5, 5.41) is 42.2. The van der Waals surface area contributed by atoms with Crippen molar-refractivity contribution in [3.63, 3.8) is 0 Å². The van der Waals surface area contributed by atoms with Crippen molar-refractivity contribution >= 4 is 16.8 Å². The maximum atomic E-state index is 12.1. The van der Waals surface area contributed by atoms with Crippen LogP contribution in [0.2, 0.25) is 0 Å². The highest BCUT2D eigenvalue weighted by atomic mass is 16.6. The van der Waals surface area contributed by atoms with Crippen molar-refractivity contribution in [1.82, 2.24) is 10.3 Å². The maximum Gasteiger partial charge on any atom is 0.222 e. The lowest BCUT2D eigenvalue weighted by atomic mass is 9.98. The molecule has 6 N–H and O–H groups in total. The fourth-order valence-corrected chi connectivity index (χ4v) is 3.23. The average Bonchev–Trinajstić information content (AvgIpc) is 3.05. The van der Waals surface area contributed by atoms with Crippen LogP contribution < -0.4 is 5.32 Å². The molecule has 8 heteroatoms. The third kappa shape index (κ3) is 3.89. The minimum absolute atomic E-state index is 0.217. The van der Waals surface area contributed by atoms with Crippen molar-refractivity contribution in [3.05, 3.63) is 36.0 Å². The Hall–Kier alpha value is -1.97. The highest BCUT2D eigenvalue weighted by Crippen LogP contribution is 2.21. The largest absolute Gasteiger partial charge is 0.394 e. The smallest absolute Gasteiger partial charge is 0.222 e. The monoisotopic (exact) mass is 364 g/mol. The van der Waals surface area contributed by atoms with Crippen molar-refractivity contribution < 1.29 is 30.0 Å². The van der Waals surface area contributed by atoms with Gasteiger partial charge < -0.3 is 35.5 Å². The van der Waals surface area contributed by atoms with Crippen LogP contribution >= 0.6 is 0 Å². The van der Waals surface area contributed by atoms with E-state index in [0.29, 0.717) is 12.8 Å². The first-order valence-electron chi connectivity index (χ1n) is 8.66. The highest BCUT2D eigenvalue weighted by molar-refractivity contribution is 5.83. The standard InChI is InChI=1S/C18H24N2O6/c21-9-13-15(23)16(24)17(25)18(26-13)20-14(22)7-3-4-10-8-19-12-6-2-1-5-11(10)12/h1-2,5-6,8,13,15-19,21,23-25H,3-4,7,9H2,(H,20,22)/t13-,15+,16+,17-,18-/m1/s1. The minimum Gasteiger partial charge on any atom is -0.394 e. The summed E-state index contributed by atoms with van der Waals surface area (Å²) in [6.45, 7) is -0.530. The van der Waals surface area contributed by atoms with E-state index in [1.165, 1.54) is 0 Å². The molecule has 0 spiro atoms. The number of aliphatic hydroxyl groups is 4. The molecule has 1 fully saturated rings. The molecule has 2 aromatic rings. The molecule has 26 heavy (non-hydrogen) atoms. The Bertz CT molecular complexity index is 746. The van der Waals surface area contributed by atoms with Crippen molar-refractivity contribution in [3.8, 4) is 0 Å². The van der Waals surface area contributed by atoms with Gasteiger partial charge in [-0.25, -0.2) is 0 Å². The van der Waals surface area contributed by atoms with Crippen LogP contribution in [0.3, 0.4) is 0 Å². The van der Waals surface area contributed by atoms with E-state index in [0.717, 1.165) is 16.5 Å². The van der Waals surface area contributed by atoms with Gasteiger partial charge in [-0.05, 0) is 24.5 Å². The lowest BCUT2D eigenvalue weighted by Gasteiger charge is -2.40. The van der Waals surface area contributed by atoms with Crippen LogP contribution in [0.15, 0.2) is 30.5 Å². The Labute approximate surface area is 150 Å². The van der Waals surface area contributed by atoms with Gasteiger partial charge >= 0.3 is 0 Å². The molecule has 0 unspecified atom stereocenters. The third-order valence-corrected chi connectivity index (χ3v) is 4.72. The van der Waals surface area contributed by atoms with Crippen LogP contribution in [0.25, 0.3) is 10.9 Å².